The lowest BCUT2D eigenvalue weighted by Gasteiger charge is -2.19. The summed E-state index contributed by atoms with van der Waals surface area (Å²) in [6.07, 6.45) is -0.841. The molecule has 0 aliphatic carbocycles. The first-order valence-corrected chi connectivity index (χ1v) is 49.4. The van der Waals surface area contributed by atoms with Crippen LogP contribution in [0.2, 0.25) is 0 Å². The van der Waals surface area contributed by atoms with Crippen molar-refractivity contribution in [3.63, 3.8) is 0 Å². The molecule has 770 valence electrons. The molecule has 0 fully saturated rings. The third kappa shape index (κ3) is 36.8. The summed E-state index contributed by atoms with van der Waals surface area (Å²) in [5.41, 5.74) is 26.0. The summed E-state index contributed by atoms with van der Waals surface area (Å²) in [6.45, 7) is 8.26. The number of nitrogen functional groups attached to an aromatic ring is 4. The highest BCUT2D eigenvalue weighted by Crippen LogP contribution is 2.52. The first-order chi connectivity index (χ1) is 68.3. The van der Waals surface area contributed by atoms with Crippen molar-refractivity contribution in [1.82, 2.24) is 78.1 Å². The van der Waals surface area contributed by atoms with Crippen LogP contribution in [0, 0.1) is 37.2 Å². The lowest BCUT2D eigenvalue weighted by Crippen LogP contribution is -2.16. The molecule has 13 rings (SSSR count). The molecule has 0 spiro atoms. The standard InChI is InChI=1S/C25H28N5O8P.C21H27FN5O8P.C20H25FN5O8P.C18H21FN5O8P/c1-17-3-7-19(8-4-17)13-36-39(33,37-15-35-25(32)38-20-9-5-18(2)6-10-20)16-34-12-11-30-14-27-21-22(30)28-24(26)29-23(21)31;1-14(2)9-32-21(29)33-12-35-36(30,34-10-15-4-3-5-16(22)8-15)13-31-7-6-27-11-24-17-18(27)25-20(23)26-19(17)28;1-13(2)34-20(28)31-11-33-35(29,32-9-14-4-3-5-15(21)8-14)12-30-7-6-26-10-23-16-17(26)24-19(22)25-18(16)27;1-28-18(26)30-10-32-33(27,31-8-12-3-2-4-13(19)7-12)11-29-6-5-24-9-21-14-15(24)22-17(20)23-16(14)25/h3-10,14H,11-13,15-16H2,1-2H3,(H3,26,28,29,31);3-5,8,11,14H,6-7,9-10,12-13H2,1-2H3,(H3,23,25,26,28);3-5,8,10,13H,6-7,9,11-12H2,1-2H3,(H3,22,24,25,27);2-4,7,9H,5-6,8,10-11H2,1H3,(H3,20,22,23,25). The smallest absolute Gasteiger partial charge is 0.438 e. The summed E-state index contributed by atoms with van der Waals surface area (Å²) in [4.78, 5) is 135. The number of aromatic amines is 4. The van der Waals surface area contributed by atoms with Crippen LogP contribution in [0.4, 0.5) is 56.1 Å². The molecule has 0 radical (unpaired) electrons. The minimum atomic E-state index is -3.96. The van der Waals surface area contributed by atoms with Crippen LogP contribution in [0.5, 0.6) is 5.75 Å². The summed E-state index contributed by atoms with van der Waals surface area (Å²) in [6, 6.07) is 30.8. The number of imidazole rings is 4. The number of carbonyl (C=O) groups excluding carboxylic acids is 4. The zero-order valence-electron chi connectivity index (χ0n) is 77.5. The third-order valence-corrected chi connectivity index (χ3v) is 24.4. The summed E-state index contributed by atoms with van der Waals surface area (Å²) in [7, 11) is -14.6. The molecule has 0 bridgehead atoms. The number of anilines is 4. The second-order valence-corrected chi connectivity index (χ2v) is 38.3. The molecule has 52 nitrogen and oxygen atoms in total. The van der Waals surface area contributed by atoms with Crippen molar-refractivity contribution >= 4 is 123 Å². The maximum absolute atomic E-state index is 13.5. The Morgan fingerprint density at radius 3 is 0.972 bits per heavy atom. The van der Waals surface area contributed by atoms with E-state index >= 15 is 0 Å². The predicted octanol–water partition coefficient (Wildman–Crippen LogP) is 11.6. The number of aromatic nitrogens is 16. The van der Waals surface area contributed by atoms with E-state index in [0.29, 0.717) is 16.7 Å². The Morgan fingerprint density at radius 1 is 0.378 bits per heavy atom. The highest BCUT2D eigenvalue weighted by Gasteiger charge is 2.32. The zero-order chi connectivity index (χ0) is 103. The van der Waals surface area contributed by atoms with Gasteiger partial charge in [-0.05, 0) is 104 Å². The molecule has 5 aromatic carbocycles. The summed E-state index contributed by atoms with van der Waals surface area (Å²) in [5.74, 6) is -1.31. The van der Waals surface area contributed by atoms with Crippen LogP contribution in [0.3, 0.4) is 0 Å². The van der Waals surface area contributed by atoms with Crippen LogP contribution in [-0.4, -0.2) is 202 Å². The van der Waals surface area contributed by atoms with E-state index in [2.05, 4.69) is 69.3 Å². The van der Waals surface area contributed by atoms with Gasteiger partial charge in [-0.3, -0.25) is 75.5 Å². The molecule has 0 aliphatic heterocycles. The molecule has 59 heteroatoms. The molecule has 13 aromatic rings. The number of nitrogens with two attached hydrogens (primary N) is 4. The molecule has 0 saturated carbocycles. The van der Waals surface area contributed by atoms with Crippen molar-refractivity contribution < 1.29 is 144 Å². The number of fused-ring (bicyclic) bond motifs is 4. The van der Waals surface area contributed by atoms with Crippen LogP contribution in [0.1, 0.15) is 61.1 Å². The van der Waals surface area contributed by atoms with Gasteiger partial charge in [-0.1, -0.05) is 97.8 Å². The molecule has 0 saturated heterocycles. The number of ether oxygens (including phenoxy) is 12. The molecule has 0 amide bonds. The van der Waals surface area contributed by atoms with Crippen LogP contribution < -0.4 is 49.9 Å². The summed E-state index contributed by atoms with van der Waals surface area (Å²) < 4.78 is 202. The molecule has 4 atom stereocenters. The van der Waals surface area contributed by atoms with E-state index in [-0.39, 0.29) is 166 Å². The number of methoxy groups -OCH3 is 1. The molecular weight excluding hydrogens is 1980 g/mol. The third-order valence-electron chi connectivity index (χ3n) is 18.3. The largest absolute Gasteiger partial charge is 0.515 e. The van der Waals surface area contributed by atoms with Crippen LogP contribution in [0.15, 0.2) is 166 Å². The number of halogens is 3. The fourth-order valence-corrected chi connectivity index (χ4v) is 16.1. The van der Waals surface area contributed by atoms with Gasteiger partial charge in [0, 0.05) is 26.2 Å². The maximum Gasteiger partial charge on any atom is 0.515 e. The SMILES string of the molecule is CC(C)COC(=O)OCOP(=O)(COCCn1cnc2c(=O)[nH]c(N)nc21)OCc1cccc(F)c1.CC(C)OC(=O)OCOP(=O)(COCCn1cnc2c(=O)[nH]c(N)nc21)OCc1cccc(F)c1.COC(=O)OCOP(=O)(COCCn1cnc2c(=O)[nH]c(N)nc21)OCc1cccc(F)c1.Cc1ccc(COP(=O)(COCCn2cnc3c(=O)[nH]c(N)nc32)OCOC(=O)Oc2ccc(C)cc2)cc1. The van der Waals surface area contributed by atoms with Gasteiger partial charge < -0.3 is 116 Å². The van der Waals surface area contributed by atoms with Gasteiger partial charge in [-0.2, -0.15) is 19.9 Å². The molecule has 12 N–H and O–H groups in total. The highest BCUT2D eigenvalue weighted by molar-refractivity contribution is 7.54. The Kier molecular flexibility index (Phi) is 42.1. The van der Waals surface area contributed by atoms with E-state index in [1.54, 1.807) is 60.9 Å². The van der Waals surface area contributed by atoms with Crippen molar-refractivity contribution in [3.8, 4) is 5.75 Å². The summed E-state index contributed by atoms with van der Waals surface area (Å²) in [5, 5.41) is 0. The Morgan fingerprint density at radius 2 is 0.671 bits per heavy atom. The molecule has 0 aliphatic rings. The van der Waals surface area contributed by atoms with Crippen LogP contribution >= 0.6 is 30.4 Å². The number of hydrogen-bond acceptors (Lipinski definition) is 44. The van der Waals surface area contributed by atoms with Gasteiger partial charge in [0.15, 0.2) is 44.7 Å². The Labute approximate surface area is 808 Å². The average molecular weight is 2080 g/mol. The quantitative estimate of drug-likeness (QED) is 0.00438. The number of carbonyl (C=O) groups is 4. The highest BCUT2D eigenvalue weighted by atomic mass is 31.2. The number of aryl methyl sites for hydroxylation is 2. The van der Waals surface area contributed by atoms with E-state index in [0.717, 1.165) is 23.8 Å². The van der Waals surface area contributed by atoms with Crippen molar-refractivity contribution in [2.24, 2.45) is 5.92 Å². The minimum Gasteiger partial charge on any atom is -0.438 e. The first-order valence-electron chi connectivity index (χ1n) is 42.5. The maximum atomic E-state index is 13.5. The van der Waals surface area contributed by atoms with Crippen LogP contribution in [0.25, 0.3) is 44.7 Å². The Balaban J connectivity index is 0.000000196. The molecule has 8 heterocycles. The number of nitrogens with zero attached hydrogens (tertiary/aromatic N) is 12. The van der Waals surface area contributed by atoms with Gasteiger partial charge in [0.25, 0.3) is 22.2 Å². The van der Waals surface area contributed by atoms with Gasteiger partial charge in [0.2, 0.25) is 51.0 Å². The minimum absolute atomic E-state index is 0.00671. The Hall–Kier alpha value is -14.0. The van der Waals surface area contributed by atoms with Gasteiger partial charge in [-0.25, -0.2) is 52.3 Å². The zero-order valence-corrected chi connectivity index (χ0v) is 81.1. The number of hydrogen-bond donors (Lipinski definition) is 8. The Bertz CT molecular complexity index is 6890. The van der Waals surface area contributed by atoms with E-state index < -0.39 is 153 Å². The van der Waals surface area contributed by atoms with Crippen molar-refractivity contribution in [2.45, 2.75) is 100 Å². The van der Waals surface area contributed by atoms with Crippen molar-refractivity contribution in [2.75, 3.05) is 116 Å². The second kappa shape index (κ2) is 54.3. The number of rotatable bonds is 48. The van der Waals surface area contributed by atoms with Gasteiger partial charge >= 0.3 is 55.0 Å². The predicted molar refractivity (Wildman–Crippen MR) is 499 cm³/mol. The fraction of sp³-hybridized carbons (Fsp3) is 0.357. The van der Waals surface area contributed by atoms with Crippen molar-refractivity contribution in [1.29, 1.82) is 0 Å². The molecule has 143 heavy (non-hydrogen) atoms. The molecular formula is C84H101F3N20O32P4. The number of H-pyrrole nitrogens is 4. The second-order valence-electron chi connectivity index (χ2n) is 30.4. The van der Waals surface area contributed by atoms with Gasteiger partial charge in [-0.15, -0.1) is 0 Å². The monoisotopic (exact) mass is 2080 g/mol. The number of benzene rings is 5. The van der Waals surface area contributed by atoms with Gasteiger partial charge in [0.05, 0.1) is 98.0 Å². The molecule has 4 unspecified atom stereocenters. The summed E-state index contributed by atoms with van der Waals surface area (Å²) >= 11 is 0. The van der Waals surface area contributed by atoms with Crippen molar-refractivity contribution in [3.05, 3.63) is 239 Å². The first kappa shape index (κ1) is 111. The lowest BCUT2D eigenvalue weighted by atomic mass is 10.2. The normalized spacial score (nSPS) is 13.0. The fourth-order valence-electron chi connectivity index (χ4n) is 11.5. The molecule has 8 aromatic heterocycles. The van der Waals surface area contributed by atoms with Gasteiger partial charge in [0.1, 0.15) is 48.6 Å². The topological polar surface area (TPSA) is 680 Å². The van der Waals surface area contributed by atoms with E-state index in [1.165, 1.54) is 93.6 Å². The van der Waals surface area contributed by atoms with E-state index in [1.807, 2.05) is 52.0 Å². The average Bonchev–Trinajstić information content (AvgIpc) is 1.67. The van der Waals surface area contributed by atoms with E-state index in [4.69, 9.17) is 106 Å². The van der Waals surface area contributed by atoms with E-state index in [9.17, 15) is 69.8 Å². The number of nitrogens with one attached hydrogen (secondary N) is 4. The lowest BCUT2D eigenvalue weighted by molar-refractivity contribution is -0.0167. The van der Waals surface area contributed by atoms with Crippen LogP contribution in [-0.2, 0) is 159 Å².